The van der Waals surface area contributed by atoms with Crippen molar-refractivity contribution in [3.05, 3.63) is 35.4 Å². The maximum atomic E-state index is 13.7. The number of likely N-dealkylation sites (N-methyl/N-ethyl adjacent to an activating group) is 1. The molecule has 0 radical (unpaired) electrons. The first-order chi connectivity index (χ1) is 10.0. The minimum absolute atomic E-state index is 0.0748. The molecular formula is C15H21F2N3O. The molecule has 1 aliphatic heterocycles. The molecule has 0 spiro atoms. The van der Waals surface area contributed by atoms with Crippen LogP contribution >= 0.6 is 0 Å². The zero-order chi connectivity index (χ0) is 15.4. The average Bonchev–Trinajstić information content (AvgIpc) is 2.48. The monoisotopic (exact) mass is 297 g/mol. The third-order valence-corrected chi connectivity index (χ3v) is 3.92. The number of carbonyl (C=O) groups is 1. The number of nitrogens with zero attached hydrogens (tertiary/aromatic N) is 2. The molecular weight excluding hydrogens is 276 g/mol. The molecule has 0 saturated carbocycles. The molecule has 1 atom stereocenters. The van der Waals surface area contributed by atoms with Gasteiger partial charge in [0.05, 0.1) is 5.92 Å². The van der Waals surface area contributed by atoms with Gasteiger partial charge in [0.2, 0.25) is 5.91 Å². The van der Waals surface area contributed by atoms with Gasteiger partial charge in [0, 0.05) is 32.7 Å². The molecule has 1 aliphatic rings. The van der Waals surface area contributed by atoms with E-state index in [-0.39, 0.29) is 24.4 Å². The third-order valence-electron chi connectivity index (χ3n) is 3.92. The molecule has 116 valence electrons. The van der Waals surface area contributed by atoms with Gasteiger partial charge in [-0.2, -0.15) is 0 Å². The Morgan fingerprint density at radius 1 is 1.29 bits per heavy atom. The zero-order valence-electron chi connectivity index (χ0n) is 12.2. The Labute approximate surface area is 123 Å². The predicted molar refractivity (Wildman–Crippen MR) is 76.7 cm³/mol. The SMILES string of the molecule is CN1CCN(C(=O)C(CN)Cc2cc(F)ccc2F)CC1. The fourth-order valence-electron chi connectivity index (χ4n) is 2.52. The summed E-state index contributed by atoms with van der Waals surface area (Å²) in [7, 11) is 2.00. The summed E-state index contributed by atoms with van der Waals surface area (Å²) in [5, 5.41) is 0. The Morgan fingerprint density at radius 3 is 2.57 bits per heavy atom. The molecule has 1 fully saturated rings. The van der Waals surface area contributed by atoms with Crippen molar-refractivity contribution in [3.63, 3.8) is 0 Å². The van der Waals surface area contributed by atoms with Crippen molar-refractivity contribution < 1.29 is 13.6 Å². The van der Waals surface area contributed by atoms with Gasteiger partial charge in [0.25, 0.3) is 0 Å². The van der Waals surface area contributed by atoms with Crippen molar-refractivity contribution in [1.82, 2.24) is 9.80 Å². The van der Waals surface area contributed by atoms with Crippen LogP contribution in [-0.2, 0) is 11.2 Å². The van der Waals surface area contributed by atoms with Gasteiger partial charge in [0.15, 0.2) is 0 Å². The number of halogens is 2. The highest BCUT2D eigenvalue weighted by Gasteiger charge is 2.26. The van der Waals surface area contributed by atoms with Gasteiger partial charge in [-0.25, -0.2) is 8.78 Å². The average molecular weight is 297 g/mol. The highest BCUT2D eigenvalue weighted by molar-refractivity contribution is 5.79. The van der Waals surface area contributed by atoms with Crippen molar-refractivity contribution in [3.8, 4) is 0 Å². The molecule has 2 N–H and O–H groups in total. The van der Waals surface area contributed by atoms with Crippen molar-refractivity contribution in [2.75, 3.05) is 39.8 Å². The van der Waals surface area contributed by atoms with E-state index < -0.39 is 17.6 Å². The van der Waals surface area contributed by atoms with E-state index in [0.717, 1.165) is 31.3 Å². The van der Waals surface area contributed by atoms with Crippen LogP contribution < -0.4 is 5.73 Å². The van der Waals surface area contributed by atoms with Gasteiger partial charge in [-0.1, -0.05) is 0 Å². The van der Waals surface area contributed by atoms with Crippen LogP contribution in [0.3, 0.4) is 0 Å². The summed E-state index contributed by atoms with van der Waals surface area (Å²) >= 11 is 0. The first-order valence-electron chi connectivity index (χ1n) is 7.12. The lowest BCUT2D eigenvalue weighted by Gasteiger charge is -2.34. The second kappa shape index (κ2) is 6.95. The summed E-state index contributed by atoms with van der Waals surface area (Å²) in [6, 6.07) is 3.28. The van der Waals surface area contributed by atoms with Crippen LogP contribution in [0.1, 0.15) is 5.56 Å². The molecule has 1 heterocycles. The second-order valence-electron chi connectivity index (χ2n) is 5.50. The molecule has 1 aromatic rings. The lowest BCUT2D eigenvalue weighted by Crippen LogP contribution is -2.50. The van der Waals surface area contributed by atoms with E-state index in [9.17, 15) is 13.6 Å². The van der Waals surface area contributed by atoms with Gasteiger partial charge in [-0.3, -0.25) is 4.79 Å². The lowest BCUT2D eigenvalue weighted by atomic mass is 9.97. The number of amides is 1. The van der Waals surface area contributed by atoms with Crippen LogP contribution in [0.4, 0.5) is 8.78 Å². The first kappa shape index (κ1) is 15.9. The van der Waals surface area contributed by atoms with Crippen molar-refractivity contribution in [1.29, 1.82) is 0 Å². The minimum Gasteiger partial charge on any atom is -0.340 e. The van der Waals surface area contributed by atoms with Gasteiger partial charge < -0.3 is 15.5 Å². The van der Waals surface area contributed by atoms with E-state index in [1.54, 1.807) is 4.90 Å². The molecule has 1 unspecified atom stereocenters. The third kappa shape index (κ3) is 3.98. The molecule has 6 heteroatoms. The van der Waals surface area contributed by atoms with Crippen molar-refractivity contribution >= 4 is 5.91 Å². The Hall–Kier alpha value is -1.53. The summed E-state index contributed by atoms with van der Waals surface area (Å²) in [4.78, 5) is 16.4. The first-order valence-corrected chi connectivity index (χ1v) is 7.12. The molecule has 1 aromatic carbocycles. The van der Waals surface area contributed by atoms with Gasteiger partial charge in [0.1, 0.15) is 11.6 Å². The van der Waals surface area contributed by atoms with Gasteiger partial charge in [-0.15, -0.1) is 0 Å². The topological polar surface area (TPSA) is 49.6 Å². The normalized spacial score (nSPS) is 17.8. The molecule has 0 bridgehead atoms. The van der Waals surface area contributed by atoms with Crippen LogP contribution in [0.2, 0.25) is 0 Å². The second-order valence-corrected chi connectivity index (χ2v) is 5.50. The van der Waals surface area contributed by atoms with Crippen LogP contribution in [0.25, 0.3) is 0 Å². The van der Waals surface area contributed by atoms with Crippen LogP contribution in [0.5, 0.6) is 0 Å². The van der Waals surface area contributed by atoms with Crippen LogP contribution in [-0.4, -0.2) is 55.5 Å². The van der Waals surface area contributed by atoms with Crippen LogP contribution in [0, 0.1) is 17.6 Å². The Kier molecular flexibility index (Phi) is 5.25. The number of nitrogens with two attached hydrogens (primary N) is 1. The summed E-state index contributed by atoms with van der Waals surface area (Å²) in [5.41, 5.74) is 5.87. The molecule has 1 amide bonds. The molecule has 1 saturated heterocycles. The summed E-state index contributed by atoms with van der Waals surface area (Å²) in [5.74, 6) is -1.59. The molecule has 21 heavy (non-hydrogen) atoms. The molecule has 2 rings (SSSR count). The fraction of sp³-hybridized carbons (Fsp3) is 0.533. The number of benzene rings is 1. The maximum Gasteiger partial charge on any atom is 0.227 e. The lowest BCUT2D eigenvalue weighted by molar-refractivity contribution is -0.136. The number of rotatable bonds is 4. The Balaban J connectivity index is 2.05. The van der Waals surface area contributed by atoms with Crippen molar-refractivity contribution in [2.45, 2.75) is 6.42 Å². The van der Waals surface area contributed by atoms with E-state index in [4.69, 9.17) is 5.73 Å². The van der Waals surface area contributed by atoms with Gasteiger partial charge >= 0.3 is 0 Å². The molecule has 4 nitrogen and oxygen atoms in total. The van der Waals surface area contributed by atoms with Gasteiger partial charge in [-0.05, 0) is 37.2 Å². The summed E-state index contributed by atoms with van der Waals surface area (Å²) in [6.07, 6.45) is 0.130. The van der Waals surface area contributed by atoms with E-state index in [2.05, 4.69) is 4.90 Å². The van der Waals surface area contributed by atoms with E-state index >= 15 is 0 Å². The number of piperazine rings is 1. The highest BCUT2D eigenvalue weighted by Crippen LogP contribution is 2.17. The molecule has 0 aliphatic carbocycles. The number of hydrogen-bond acceptors (Lipinski definition) is 3. The smallest absolute Gasteiger partial charge is 0.227 e. The maximum absolute atomic E-state index is 13.7. The van der Waals surface area contributed by atoms with Crippen LogP contribution in [0.15, 0.2) is 18.2 Å². The predicted octanol–water partition coefficient (Wildman–Crippen LogP) is 0.856. The summed E-state index contributed by atoms with van der Waals surface area (Å²) < 4.78 is 26.9. The zero-order valence-corrected chi connectivity index (χ0v) is 12.2. The standard InChI is InChI=1S/C15H21F2N3O/c1-19-4-6-20(7-5-19)15(21)12(10-18)8-11-9-13(16)2-3-14(11)17/h2-3,9,12H,4-8,10,18H2,1H3. The van der Waals surface area contributed by atoms with E-state index in [0.29, 0.717) is 13.1 Å². The highest BCUT2D eigenvalue weighted by atomic mass is 19.1. The van der Waals surface area contributed by atoms with E-state index in [1.165, 1.54) is 0 Å². The van der Waals surface area contributed by atoms with Crippen molar-refractivity contribution in [2.24, 2.45) is 11.7 Å². The number of hydrogen-bond donors (Lipinski definition) is 1. The summed E-state index contributed by atoms with van der Waals surface area (Å²) in [6.45, 7) is 3.06. The number of carbonyl (C=O) groups excluding carboxylic acids is 1. The largest absolute Gasteiger partial charge is 0.340 e. The molecule has 0 aromatic heterocycles. The van der Waals surface area contributed by atoms with E-state index in [1.807, 2.05) is 7.05 Å². The Morgan fingerprint density at radius 2 is 1.95 bits per heavy atom. The minimum atomic E-state index is -0.510. The Bertz CT molecular complexity index is 502. The quantitative estimate of drug-likeness (QED) is 0.896. The fourth-order valence-corrected chi connectivity index (χ4v) is 2.52.